The van der Waals surface area contributed by atoms with Gasteiger partial charge in [-0.25, -0.2) is 23.6 Å². The molecular formula is C19H26F2N4O3S. The standard InChI is InChI=1S/C19H26F2N4O3S/c1-22-6-8-24(9-7-23(22)2)18-15(20)10-13(11-16(18)21)25-12-14(28-19(25)26)4-5-17(29)27-3/h10-11,14H,4-9,12H2,1-3H3/t14-/m0/s1. The van der Waals surface area contributed by atoms with Gasteiger partial charge in [0.1, 0.15) is 11.8 Å². The highest BCUT2D eigenvalue weighted by molar-refractivity contribution is 7.80. The fourth-order valence-electron chi connectivity index (χ4n) is 3.48. The van der Waals surface area contributed by atoms with Gasteiger partial charge in [-0.3, -0.25) is 4.90 Å². The zero-order chi connectivity index (χ0) is 21.1. The molecule has 0 spiro atoms. The first-order chi connectivity index (χ1) is 13.8. The molecule has 0 aromatic heterocycles. The fraction of sp³-hybridized carbons (Fsp3) is 0.579. The molecule has 2 heterocycles. The van der Waals surface area contributed by atoms with E-state index in [1.807, 2.05) is 24.1 Å². The van der Waals surface area contributed by atoms with Crippen molar-refractivity contribution in [1.29, 1.82) is 0 Å². The van der Waals surface area contributed by atoms with Crippen molar-refractivity contribution in [3.05, 3.63) is 23.8 Å². The molecule has 3 rings (SSSR count). The Balaban J connectivity index is 1.74. The number of hydrogen-bond donors (Lipinski definition) is 0. The van der Waals surface area contributed by atoms with Gasteiger partial charge in [0.15, 0.2) is 16.7 Å². The molecule has 0 radical (unpaired) electrons. The van der Waals surface area contributed by atoms with Gasteiger partial charge in [-0.1, -0.05) is 0 Å². The summed E-state index contributed by atoms with van der Waals surface area (Å²) in [7, 11) is 5.37. The van der Waals surface area contributed by atoms with Crippen LogP contribution >= 0.6 is 12.2 Å². The van der Waals surface area contributed by atoms with Gasteiger partial charge < -0.3 is 14.4 Å². The van der Waals surface area contributed by atoms with Crippen molar-refractivity contribution in [2.24, 2.45) is 0 Å². The molecule has 0 bridgehead atoms. The number of benzene rings is 1. The van der Waals surface area contributed by atoms with E-state index in [1.54, 1.807) is 4.90 Å². The number of nitrogens with zero attached hydrogens (tertiary/aromatic N) is 4. The monoisotopic (exact) mass is 428 g/mol. The largest absolute Gasteiger partial charge is 0.490 e. The van der Waals surface area contributed by atoms with E-state index in [0.29, 0.717) is 44.1 Å². The number of cyclic esters (lactones) is 1. The van der Waals surface area contributed by atoms with Crippen LogP contribution in [-0.4, -0.2) is 81.2 Å². The molecule has 1 amide bonds. The minimum atomic E-state index is -0.691. The highest BCUT2D eigenvalue weighted by Gasteiger charge is 2.34. The molecule has 1 aromatic rings. The SMILES string of the molecule is COC(=S)CC[C@H]1CN(c2cc(F)c(N3CCN(C)N(C)CC3)c(F)c2)C(=O)O1. The highest BCUT2D eigenvalue weighted by Crippen LogP contribution is 2.32. The maximum absolute atomic E-state index is 14.9. The van der Waals surface area contributed by atoms with Crippen molar-refractivity contribution in [1.82, 2.24) is 10.0 Å². The molecule has 0 aliphatic carbocycles. The van der Waals surface area contributed by atoms with Gasteiger partial charge in [-0.05, 0) is 18.6 Å². The molecular weight excluding hydrogens is 402 g/mol. The molecule has 0 N–H and O–H groups in total. The van der Waals surface area contributed by atoms with E-state index >= 15 is 0 Å². The van der Waals surface area contributed by atoms with Gasteiger partial charge in [-0.2, -0.15) is 0 Å². The van der Waals surface area contributed by atoms with E-state index in [9.17, 15) is 13.6 Å². The quantitative estimate of drug-likeness (QED) is 0.669. The van der Waals surface area contributed by atoms with Crippen molar-refractivity contribution in [3.63, 3.8) is 0 Å². The van der Waals surface area contributed by atoms with E-state index in [1.165, 1.54) is 24.1 Å². The number of carbonyl (C=O) groups excluding carboxylic acids is 1. The number of thiocarbonyl (C=S) groups is 1. The Morgan fingerprint density at radius 1 is 1.17 bits per heavy atom. The smallest absolute Gasteiger partial charge is 0.414 e. The Kier molecular flexibility index (Phi) is 6.86. The number of anilines is 2. The second kappa shape index (κ2) is 9.19. The number of ether oxygens (including phenoxy) is 2. The lowest BCUT2D eigenvalue weighted by molar-refractivity contribution is 0.0439. The van der Waals surface area contributed by atoms with Crippen molar-refractivity contribution < 1.29 is 23.0 Å². The summed E-state index contributed by atoms with van der Waals surface area (Å²) in [5, 5.41) is 4.45. The number of carbonyl (C=O) groups is 1. The molecule has 10 heteroatoms. The molecule has 2 aliphatic heterocycles. The molecule has 1 atom stereocenters. The third-order valence-corrected chi connectivity index (χ3v) is 5.74. The lowest BCUT2D eigenvalue weighted by Crippen LogP contribution is -2.37. The van der Waals surface area contributed by atoms with Gasteiger partial charge in [-0.15, -0.1) is 0 Å². The van der Waals surface area contributed by atoms with Crippen LogP contribution in [0.3, 0.4) is 0 Å². The zero-order valence-corrected chi connectivity index (χ0v) is 17.7. The van der Waals surface area contributed by atoms with Gasteiger partial charge >= 0.3 is 6.09 Å². The van der Waals surface area contributed by atoms with E-state index in [-0.39, 0.29) is 17.9 Å². The third kappa shape index (κ3) is 4.93. The Labute approximate surface area is 174 Å². The highest BCUT2D eigenvalue weighted by atomic mass is 32.1. The Morgan fingerprint density at radius 3 is 2.31 bits per heavy atom. The molecule has 2 saturated heterocycles. The first kappa shape index (κ1) is 21.7. The zero-order valence-electron chi connectivity index (χ0n) is 16.9. The van der Waals surface area contributed by atoms with Crippen LogP contribution in [0.1, 0.15) is 12.8 Å². The molecule has 0 saturated carbocycles. The van der Waals surface area contributed by atoms with Crippen molar-refractivity contribution in [3.8, 4) is 0 Å². The number of amides is 1. The second-order valence-electron chi connectivity index (χ2n) is 7.24. The molecule has 7 nitrogen and oxygen atoms in total. The van der Waals surface area contributed by atoms with Crippen molar-refractivity contribution in [2.45, 2.75) is 18.9 Å². The molecule has 0 unspecified atom stereocenters. The number of hydrogen-bond acceptors (Lipinski definition) is 7. The molecule has 2 aliphatic rings. The summed E-state index contributed by atoms with van der Waals surface area (Å²) in [6, 6.07) is 2.39. The minimum absolute atomic E-state index is 0.0630. The molecule has 160 valence electrons. The summed E-state index contributed by atoms with van der Waals surface area (Å²) in [5.74, 6) is -1.38. The number of halogens is 2. The normalized spacial score (nSPS) is 21.3. The first-order valence-corrected chi connectivity index (χ1v) is 9.92. The number of likely N-dealkylation sites (N-methyl/N-ethyl adjacent to an activating group) is 2. The summed E-state index contributed by atoms with van der Waals surface area (Å²) in [6.07, 6.45) is -0.0647. The summed E-state index contributed by atoms with van der Waals surface area (Å²) >= 11 is 4.99. The predicted molar refractivity (Wildman–Crippen MR) is 110 cm³/mol. The maximum Gasteiger partial charge on any atom is 0.414 e. The van der Waals surface area contributed by atoms with Gasteiger partial charge in [0.05, 0.1) is 19.3 Å². The van der Waals surface area contributed by atoms with E-state index < -0.39 is 23.8 Å². The molecule has 1 aromatic carbocycles. The van der Waals surface area contributed by atoms with Crippen LogP contribution in [0.4, 0.5) is 25.0 Å². The van der Waals surface area contributed by atoms with Crippen LogP contribution in [0.5, 0.6) is 0 Å². The summed E-state index contributed by atoms with van der Waals surface area (Å²) in [5.41, 5.74) is 0.0848. The van der Waals surface area contributed by atoms with Crippen LogP contribution in [0, 0.1) is 11.6 Å². The van der Waals surface area contributed by atoms with Crippen LogP contribution in [0.25, 0.3) is 0 Å². The lowest BCUT2D eigenvalue weighted by atomic mass is 10.2. The van der Waals surface area contributed by atoms with Gasteiger partial charge in [0.25, 0.3) is 0 Å². The minimum Gasteiger partial charge on any atom is -0.490 e. The predicted octanol–water partition coefficient (Wildman–Crippen LogP) is 2.64. The fourth-order valence-corrected chi connectivity index (χ4v) is 3.60. The number of methoxy groups -OCH3 is 1. The van der Waals surface area contributed by atoms with Crippen LogP contribution in [-0.2, 0) is 9.47 Å². The molecule has 29 heavy (non-hydrogen) atoms. The van der Waals surface area contributed by atoms with Crippen LogP contribution in [0.2, 0.25) is 0 Å². The van der Waals surface area contributed by atoms with Crippen LogP contribution < -0.4 is 9.80 Å². The van der Waals surface area contributed by atoms with Crippen molar-refractivity contribution in [2.75, 3.05) is 63.7 Å². The van der Waals surface area contributed by atoms with E-state index in [4.69, 9.17) is 21.7 Å². The number of hydrazine groups is 1. The van der Waals surface area contributed by atoms with Gasteiger partial charge in [0, 0.05) is 58.8 Å². The lowest BCUT2D eigenvalue weighted by Gasteiger charge is -2.24. The number of rotatable bonds is 5. The van der Waals surface area contributed by atoms with Gasteiger partial charge in [0.2, 0.25) is 0 Å². The topological polar surface area (TPSA) is 48.5 Å². The van der Waals surface area contributed by atoms with Crippen LogP contribution in [0.15, 0.2) is 12.1 Å². The Morgan fingerprint density at radius 2 is 1.76 bits per heavy atom. The summed E-state index contributed by atoms with van der Waals surface area (Å²) in [4.78, 5) is 15.1. The summed E-state index contributed by atoms with van der Waals surface area (Å²) < 4.78 is 40.0. The average Bonchev–Trinajstić information content (AvgIpc) is 2.98. The Bertz CT molecular complexity index is 747. The van der Waals surface area contributed by atoms with Crippen molar-refractivity contribution >= 4 is 34.7 Å². The molecule has 2 fully saturated rings. The van der Waals surface area contributed by atoms with E-state index in [2.05, 4.69) is 0 Å². The third-order valence-electron chi connectivity index (χ3n) is 5.37. The van der Waals surface area contributed by atoms with E-state index in [0.717, 1.165) is 0 Å². The second-order valence-corrected chi connectivity index (χ2v) is 7.69. The Hall–Kier alpha value is -2.04. The first-order valence-electron chi connectivity index (χ1n) is 9.51. The summed E-state index contributed by atoms with van der Waals surface area (Å²) in [6.45, 7) is 2.52. The average molecular weight is 429 g/mol. The maximum atomic E-state index is 14.9.